The van der Waals surface area contributed by atoms with E-state index in [2.05, 4.69) is 50.4 Å². The van der Waals surface area contributed by atoms with E-state index in [4.69, 9.17) is 16.6 Å². The number of benzene rings is 2. The number of nitriles is 1. The summed E-state index contributed by atoms with van der Waals surface area (Å²) in [7, 11) is 0. The Morgan fingerprint density at radius 2 is 1.81 bits per heavy atom. The third kappa shape index (κ3) is 3.51. The maximum absolute atomic E-state index is 9.83. The van der Waals surface area contributed by atoms with E-state index >= 15 is 0 Å². The van der Waals surface area contributed by atoms with Crippen molar-refractivity contribution >= 4 is 28.6 Å². The SMILES string of the molecule is Cc1cccc(-c2n[nH]c3nc(N4CC[C](c5ccccc5)CC4)nc(C#N)c23)c1Cl. The van der Waals surface area contributed by atoms with Gasteiger partial charge in [0.2, 0.25) is 5.95 Å². The van der Waals surface area contributed by atoms with Crippen LogP contribution in [0.2, 0.25) is 5.02 Å². The molecule has 1 radical (unpaired) electrons. The minimum absolute atomic E-state index is 0.305. The molecule has 153 valence electrons. The first-order valence-corrected chi connectivity index (χ1v) is 10.6. The summed E-state index contributed by atoms with van der Waals surface area (Å²) in [5.74, 6) is 2.00. The van der Waals surface area contributed by atoms with Gasteiger partial charge >= 0.3 is 0 Å². The number of aromatic amines is 1. The molecule has 1 aliphatic rings. The van der Waals surface area contributed by atoms with E-state index < -0.39 is 0 Å². The van der Waals surface area contributed by atoms with Gasteiger partial charge in [-0.05, 0) is 30.9 Å². The lowest BCUT2D eigenvalue weighted by Crippen LogP contribution is -2.34. The summed E-state index contributed by atoms with van der Waals surface area (Å²) >= 11 is 6.51. The maximum atomic E-state index is 9.83. The van der Waals surface area contributed by atoms with Crippen LogP contribution in [0.1, 0.15) is 29.7 Å². The summed E-state index contributed by atoms with van der Waals surface area (Å²) in [6.45, 7) is 3.56. The number of H-pyrrole nitrogens is 1. The summed E-state index contributed by atoms with van der Waals surface area (Å²) in [5, 5.41) is 18.5. The van der Waals surface area contributed by atoms with Gasteiger partial charge in [-0.1, -0.05) is 60.1 Å². The number of hydrogen-bond donors (Lipinski definition) is 1. The first kappa shape index (κ1) is 19.5. The number of halogens is 1. The number of nitrogens with one attached hydrogen (secondary N) is 1. The molecule has 4 aromatic rings. The lowest BCUT2D eigenvalue weighted by molar-refractivity contribution is 0.617. The van der Waals surface area contributed by atoms with Gasteiger partial charge in [0, 0.05) is 24.6 Å². The van der Waals surface area contributed by atoms with Gasteiger partial charge in [-0.25, -0.2) is 4.98 Å². The third-order valence-electron chi connectivity index (χ3n) is 5.79. The minimum Gasteiger partial charge on any atom is -0.341 e. The van der Waals surface area contributed by atoms with Crippen molar-refractivity contribution in [2.75, 3.05) is 18.0 Å². The van der Waals surface area contributed by atoms with Gasteiger partial charge in [-0.2, -0.15) is 15.3 Å². The summed E-state index contributed by atoms with van der Waals surface area (Å²) in [6, 6.07) is 18.5. The minimum atomic E-state index is 0.305. The van der Waals surface area contributed by atoms with Crippen molar-refractivity contribution in [3.05, 3.63) is 76.3 Å². The predicted octanol–water partition coefficient (Wildman–Crippen LogP) is 5.08. The summed E-state index contributed by atoms with van der Waals surface area (Å²) in [4.78, 5) is 11.4. The monoisotopic (exact) mass is 427 g/mol. The van der Waals surface area contributed by atoms with E-state index in [0.29, 0.717) is 33.4 Å². The fourth-order valence-corrected chi connectivity index (χ4v) is 4.32. The van der Waals surface area contributed by atoms with Crippen molar-refractivity contribution in [3.63, 3.8) is 0 Å². The maximum Gasteiger partial charge on any atom is 0.228 e. The number of piperidine rings is 1. The van der Waals surface area contributed by atoms with Crippen LogP contribution >= 0.6 is 11.6 Å². The Balaban J connectivity index is 1.47. The molecule has 0 amide bonds. The Kier molecular flexibility index (Phi) is 5.05. The molecule has 3 heterocycles. The molecule has 1 fully saturated rings. The Bertz CT molecular complexity index is 1280. The second-order valence-corrected chi connectivity index (χ2v) is 8.05. The Labute approximate surface area is 185 Å². The second-order valence-electron chi connectivity index (χ2n) is 7.67. The Morgan fingerprint density at radius 3 is 2.55 bits per heavy atom. The largest absolute Gasteiger partial charge is 0.341 e. The molecule has 1 saturated heterocycles. The number of rotatable bonds is 3. The van der Waals surface area contributed by atoms with E-state index in [1.54, 1.807) is 0 Å². The molecule has 0 aliphatic carbocycles. The number of aromatic nitrogens is 4. The van der Waals surface area contributed by atoms with Crippen LogP contribution < -0.4 is 4.90 Å². The number of anilines is 1. The van der Waals surface area contributed by atoms with Crippen LogP contribution in [0.25, 0.3) is 22.3 Å². The number of nitrogens with zero attached hydrogens (tertiary/aromatic N) is 5. The lowest BCUT2D eigenvalue weighted by atomic mass is 9.90. The molecule has 5 rings (SSSR count). The predicted molar refractivity (Wildman–Crippen MR) is 122 cm³/mol. The Morgan fingerprint density at radius 1 is 1.03 bits per heavy atom. The van der Waals surface area contributed by atoms with E-state index in [1.807, 2.05) is 31.2 Å². The fraction of sp³-hybridized carbons (Fsp3) is 0.208. The third-order valence-corrected chi connectivity index (χ3v) is 6.29. The molecule has 1 aliphatic heterocycles. The molecule has 2 aromatic carbocycles. The zero-order chi connectivity index (χ0) is 21.4. The Hall–Kier alpha value is -3.43. The van der Waals surface area contributed by atoms with Crippen LogP contribution in [-0.4, -0.2) is 33.3 Å². The molecule has 31 heavy (non-hydrogen) atoms. The highest BCUT2D eigenvalue weighted by Gasteiger charge is 2.25. The normalized spacial score (nSPS) is 14.7. The van der Waals surface area contributed by atoms with Crippen LogP contribution in [0.4, 0.5) is 5.95 Å². The molecule has 2 aromatic heterocycles. The average Bonchev–Trinajstić information content (AvgIpc) is 3.25. The standard InChI is InChI=1S/C24H20ClN6/c1-15-6-5-9-18(21(15)25)22-20-19(14-26)27-24(28-23(20)30-29-22)31-12-10-17(11-13-31)16-7-3-2-4-8-16/h2-9H,10-13H2,1H3,(H,27,28,29,30). The van der Waals surface area contributed by atoms with Crippen LogP contribution in [0.15, 0.2) is 48.5 Å². The van der Waals surface area contributed by atoms with Gasteiger partial charge in [0.1, 0.15) is 11.8 Å². The smallest absolute Gasteiger partial charge is 0.228 e. The molecule has 0 unspecified atom stereocenters. The molecule has 0 atom stereocenters. The first-order valence-electron chi connectivity index (χ1n) is 10.2. The van der Waals surface area contributed by atoms with Gasteiger partial charge in [-0.15, -0.1) is 0 Å². The molecule has 6 nitrogen and oxygen atoms in total. The quantitative estimate of drug-likeness (QED) is 0.493. The van der Waals surface area contributed by atoms with E-state index in [9.17, 15) is 5.26 Å². The fourth-order valence-electron chi connectivity index (χ4n) is 4.11. The van der Waals surface area contributed by atoms with Crippen molar-refractivity contribution < 1.29 is 0 Å². The molecule has 0 saturated carbocycles. The highest BCUT2D eigenvalue weighted by atomic mass is 35.5. The van der Waals surface area contributed by atoms with Crippen molar-refractivity contribution in [1.29, 1.82) is 5.26 Å². The highest BCUT2D eigenvalue weighted by molar-refractivity contribution is 6.34. The van der Waals surface area contributed by atoms with Crippen molar-refractivity contribution in [2.45, 2.75) is 19.8 Å². The van der Waals surface area contributed by atoms with Crippen LogP contribution in [0.5, 0.6) is 0 Å². The summed E-state index contributed by atoms with van der Waals surface area (Å²) < 4.78 is 0. The van der Waals surface area contributed by atoms with Crippen LogP contribution in [0, 0.1) is 24.2 Å². The zero-order valence-electron chi connectivity index (χ0n) is 17.1. The highest BCUT2D eigenvalue weighted by Crippen LogP contribution is 2.35. The van der Waals surface area contributed by atoms with Crippen LogP contribution in [-0.2, 0) is 0 Å². The van der Waals surface area contributed by atoms with Crippen molar-refractivity contribution in [3.8, 4) is 17.3 Å². The van der Waals surface area contributed by atoms with Gasteiger partial charge in [0.15, 0.2) is 11.3 Å². The molecule has 1 N–H and O–H groups in total. The molecule has 0 bridgehead atoms. The number of hydrogen-bond acceptors (Lipinski definition) is 5. The second kappa shape index (κ2) is 8.01. The van der Waals surface area contributed by atoms with Gasteiger partial charge in [0.25, 0.3) is 0 Å². The van der Waals surface area contributed by atoms with E-state index in [1.165, 1.54) is 11.5 Å². The number of fused-ring (bicyclic) bond motifs is 1. The average molecular weight is 428 g/mol. The van der Waals surface area contributed by atoms with Gasteiger partial charge in [0.05, 0.1) is 10.4 Å². The molecule has 0 spiro atoms. The van der Waals surface area contributed by atoms with Gasteiger partial charge < -0.3 is 4.90 Å². The number of aryl methyl sites for hydroxylation is 1. The zero-order valence-corrected chi connectivity index (χ0v) is 17.8. The molecular formula is C24H20ClN6. The van der Waals surface area contributed by atoms with Crippen molar-refractivity contribution in [1.82, 2.24) is 20.2 Å². The van der Waals surface area contributed by atoms with E-state index in [-0.39, 0.29) is 0 Å². The van der Waals surface area contributed by atoms with Crippen LogP contribution in [0.3, 0.4) is 0 Å². The van der Waals surface area contributed by atoms with E-state index in [0.717, 1.165) is 37.1 Å². The summed E-state index contributed by atoms with van der Waals surface area (Å²) in [6.07, 6.45) is 1.89. The molecule has 7 heteroatoms. The first-order chi connectivity index (χ1) is 15.2. The lowest BCUT2D eigenvalue weighted by Gasteiger charge is -2.31. The van der Waals surface area contributed by atoms with Gasteiger partial charge in [-0.3, -0.25) is 5.10 Å². The topological polar surface area (TPSA) is 81.5 Å². The summed E-state index contributed by atoms with van der Waals surface area (Å²) in [5.41, 5.74) is 4.46. The van der Waals surface area contributed by atoms with Crippen molar-refractivity contribution in [2.24, 2.45) is 0 Å². The molecular weight excluding hydrogens is 408 g/mol.